The molecule has 0 atom stereocenters. The molecule has 0 spiro atoms. The highest BCUT2D eigenvalue weighted by molar-refractivity contribution is 6.30. The lowest BCUT2D eigenvalue weighted by Crippen LogP contribution is -2.08. The van der Waals surface area contributed by atoms with Gasteiger partial charge in [-0.2, -0.15) is 0 Å². The molecule has 1 aromatic rings. The van der Waals surface area contributed by atoms with Crippen LogP contribution in [-0.2, 0) is 4.74 Å². The lowest BCUT2D eigenvalue weighted by atomic mass is 10.1. The molecule has 1 rings (SSSR count). The predicted molar refractivity (Wildman–Crippen MR) is 52.4 cm³/mol. The molecule has 0 saturated carbocycles. The van der Waals surface area contributed by atoms with Crippen molar-refractivity contribution in [1.29, 1.82) is 0 Å². The average Bonchev–Trinajstić information content (AvgIpc) is 2.04. The second-order valence-corrected chi connectivity index (χ2v) is 3.25. The Balaban J connectivity index is 2.95. The SMILES string of the molecule is COCC(=O)c1ccc(Cl)cc1C. The van der Waals surface area contributed by atoms with E-state index >= 15 is 0 Å². The van der Waals surface area contributed by atoms with Crippen LogP contribution in [0.1, 0.15) is 15.9 Å². The van der Waals surface area contributed by atoms with Crippen LogP contribution in [0.4, 0.5) is 0 Å². The second kappa shape index (κ2) is 4.40. The first-order valence-corrected chi connectivity index (χ1v) is 4.31. The van der Waals surface area contributed by atoms with Gasteiger partial charge in [0.1, 0.15) is 6.61 Å². The van der Waals surface area contributed by atoms with Crippen molar-refractivity contribution in [3.8, 4) is 0 Å². The van der Waals surface area contributed by atoms with E-state index in [0.29, 0.717) is 10.6 Å². The van der Waals surface area contributed by atoms with Crippen molar-refractivity contribution in [2.45, 2.75) is 6.92 Å². The summed E-state index contributed by atoms with van der Waals surface area (Å²) in [5.41, 5.74) is 1.56. The van der Waals surface area contributed by atoms with Gasteiger partial charge in [0, 0.05) is 17.7 Å². The standard InChI is InChI=1S/C10H11ClO2/c1-7-5-8(11)3-4-9(7)10(12)6-13-2/h3-5H,6H2,1-2H3. The predicted octanol–water partition coefficient (Wildman–Crippen LogP) is 2.48. The lowest BCUT2D eigenvalue weighted by Gasteiger charge is -2.03. The Bertz CT molecular complexity index is 321. The largest absolute Gasteiger partial charge is 0.377 e. The number of rotatable bonds is 3. The van der Waals surface area contributed by atoms with E-state index in [1.54, 1.807) is 18.2 Å². The number of hydrogen-bond donors (Lipinski definition) is 0. The molecule has 0 unspecified atom stereocenters. The fraction of sp³-hybridized carbons (Fsp3) is 0.300. The van der Waals surface area contributed by atoms with Crippen LogP contribution in [0.2, 0.25) is 5.02 Å². The molecule has 3 heteroatoms. The van der Waals surface area contributed by atoms with E-state index in [1.165, 1.54) is 7.11 Å². The second-order valence-electron chi connectivity index (χ2n) is 2.82. The summed E-state index contributed by atoms with van der Waals surface area (Å²) < 4.78 is 4.76. The first-order chi connectivity index (χ1) is 6.15. The van der Waals surface area contributed by atoms with Crippen LogP contribution >= 0.6 is 11.6 Å². The minimum absolute atomic E-state index is 0.0170. The smallest absolute Gasteiger partial charge is 0.188 e. The number of ketones is 1. The summed E-state index contributed by atoms with van der Waals surface area (Å²) in [6, 6.07) is 5.20. The quantitative estimate of drug-likeness (QED) is 0.698. The maximum Gasteiger partial charge on any atom is 0.188 e. The van der Waals surface area contributed by atoms with Crippen LogP contribution in [0, 0.1) is 6.92 Å². The number of hydrogen-bond acceptors (Lipinski definition) is 2. The Morgan fingerprint density at radius 3 is 2.77 bits per heavy atom. The van der Waals surface area contributed by atoms with Crippen LogP contribution in [0.5, 0.6) is 0 Å². The van der Waals surface area contributed by atoms with Gasteiger partial charge in [-0.1, -0.05) is 11.6 Å². The monoisotopic (exact) mass is 198 g/mol. The molecule has 0 aliphatic rings. The molecule has 0 N–H and O–H groups in total. The third kappa shape index (κ3) is 2.54. The molecular weight excluding hydrogens is 188 g/mol. The molecule has 0 aliphatic heterocycles. The van der Waals surface area contributed by atoms with Gasteiger partial charge in [0.2, 0.25) is 0 Å². The van der Waals surface area contributed by atoms with Crippen LogP contribution in [0.15, 0.2) is 18.2 Å². The fourth-order valence-corrected chi connectivity index (χ4v) is 1.38. The molecule has 0 fully saturated rings. The summed E-state index contributed by atoms with van der Waals surface area (Å²) in [6.07, 6.45) is 0. The van der Waals surface area contributed by atoms with E-state index in [-0.39, 0.29) is 12.4 Å². The first kappa shape index (κ1) is 10.2. The number of aryl methyl sites for hydroxylation is 1. The number of carbonyl (C=O) groups is 1. The zero-order valence-corrected chi connectivity index (χ0v) is 8.39. The number of carbonyl (C=O) groups excluding carboxylic acids is 1. The van der Waals surface area contributed by atoms with Gasteiger partial charge in [-0.25, -0.2) is 0 Å². The molecule has 0 aliphatic carbocycles. The van der Waals surface area contributed by atoms with Gasteiger partial charge in [-0.05, 0) is 30.7 Å². The first-order valence-electron chi connectivity index (χ1n) is 3.93. The zero-order valence-electron chi connectivity index (χ0n) is 7.63. The molecule has 0 heterocycles. The third-order valence-corrected chi connectivity index (χ3v) is 2.00. The normalized spacial score (nSPS) is 10.1. The topological polar surface area (TPSA) is 26.3 Å². The zero-order chi connectivity index (χ0) is 9.84. The van der Waals surface area contributed by atoms with Gasteiger partial charge in [0.05, 0.1) is 0 Å². The van der Waals surface area contributed by atoms with Crippen LogP contribution < -0.4 is 0 Å². The number of Topliss-reactive ketones (excluding diaryl/α,β-unsaturated/α-hetero) is 1. The van der Waals surface area contributed by atoms with Crippen molar-refractivity contribution >= 4 is 17.4 Å². The molecule has 0 aromatic heterocycles. The molecule has 0 amide bonds. The Morgan fingerprint density at radius 1 is 1.54 bits per heavy atom. The van der Waals surface area contributed by atoms with E-state index in [1.807, 2.05) is 6.92 Å². The van der Waals surface area contributed by atoms with Crippen molar-refractivity contribution in [3.05, 3.63) is 34.3 Å². The van der Waals surface area contributed by atoms with E-state index in [4.69, 9.17) is 16.3 Å². The Morgan fingerprint density at radius 2 is 2.23 bits per heavy atom. The highest BCUT2D eigenvalue weighted by Crippen LogP contribution is 2.15. The summed E-state index contributed by atoms with van der Waals surface area (Å²) in [5, 5.41) is 0.645. The highest BCUT2D eigenvalue weighted by Gasteiger charge is 2.07. The third-order valence-electron chi connectivity index (χ3n) is 1.76. The van der Waals surface area contributed by atoms with Gasteiger partial charge in [0.15, 0.2) is 5.78 Å². The lowest BCUT2D eigenvalue weighted by molar-refractivity contribution is 0.0847. The van der Waals surface area contributed by atoms with Crippen LogP contribution in [0.25, 0.3) is 0 Å². The van der Waals surface area contributed by atoms with Crippen molar-refractivity contribution in [3.63, 3.8) is 0 Å². The summed E-state index contributed by atoms with van der Waals surface area (Å²) in [5.74, 6) is -0.0170. The van der Waals surface area contributed by atoms with Gasteiger partial charge < -0.3 is 4.74 Å². The molecule has 0 saturated heterocycles. The molecular formula is C10H11ClO2. The van der Waals surface area contributed by atoms with E-state index in [9.17, 15) is 4.79 Å². The summed E-state index contributed by atoms with van der Waals surface area (Å²) in [4.78, 5) is 11.4. The van der Waals surface area contributed by atoms with Gasteiger partial charge in [0.25, 0.3) is 0 Å². The summed E-state index contributed by atoms with van der Waals surface area (Å²) in [6.45, 7) is 1.97. The minimum atomic E-state index is -0.0170. The molecule has 13 heavy (non-hydrogen) atoms. The Labute approximate surface area is 82.5 Å². The summed E-state index contributed by atoms with van der Waals surface area (Å²) >= 11 is 5.76. The van der Waals surface area contributed by atoms with Crippen molar-refractivity contribution in [1.82, 2.24) is 0 Å². The van der Waals surface area contributed by atoms with Gasteiger partial charge in [-0.15, -0.1) is 0 Å². The molecule has 0 bridgehead atoms. The highest BCUT2D eigenvalue weighted by atomic mass is 35.5. The minimum Gasteiger partial charge on any atom is -0.377 e. The van der Waals surface area contributed by atoms with Crippen molar-refractivity contribution in [2.75, 3.05) is 13.7 Å². The van der Waals surface area contributed by atoms with Gasteiger partial charge >= 0.3 is 0 Å². The van der Waals surface area contributed by atoms with Crippen molar-refractivity contribution < 1.29 is 9.53 Å². The van der Waals surface area contributed by atoms with Crippen molar-refractivity contribution in [2.24, 2.45) is 0 Å². The Kier molecular flexibility index (Phi) is 3.46. The van der Waals surface area contributed by atoms with E-state index in [2.05, 4.69) is 0 Å². The molecule has 0 radical (unpaired) electrons. The van der Waals surface area contributed by atoms with E-state index in [0.717, 1.165) is 5.56 Å². The summed E-state index contributed by atoms with van der Waals surface area (Å²) in [7, 11) is 1.50. The number of ether oxygens (including phenoxy) is 1. The number of methoxy groups -OCH3 is 1. The van der Waals surface area contributed by atoms with Crippen LogP contribution in [-0.4, -0.2) is 19.5 Å². The molecule has 1 aromatic carbocycles. The maximum atomic E-state index is 11.4. The van der Waals surface area contributed by atoms with E-state index < -0.39 is 0 Å². The molecule has 2 nitrogen and oxygen atoms in total. The number of halogens is 1. The molecule has 70 valence electrons. The average molecular weight is 199 g/mol. The number of benzene rings is 1. The fourth-order valence-electron chi connectivity index (χ4n) is 1.15. The maximum absolute atomic E-state index is 11.4. The van der Waals surface area contributed by atoms with Crippen LogP contribution in [0.3, 0.4) is 0 Å². The van der Waals surface area contributed by atoms with Gasteiger partial charge in [-0.3, -0.25) is 4.79 Å². The Hall–Kier alpha value is -0.860.